The van der Waals surface area contributed by atoms with E-state index in [1.807, 2.05) is 36.4 Å². The van der Waals surface area contributed by atoms with Crippen LogP contribution in [0.25, 0.3) is 11.3 Å². The van der Waals surface area contributed by atoms with Gasteiger partial charge in [-0.15, -0.1) is 0 Å². The molecule has 0 saturated heterocycles. The van der Waals surface area contributed by atoms with Crippen molar-refractivity contribution in [3.8, 4) is 17.0 Å². The molecule has 0 amide bonds. The first kappa shape index (κ1) is 14.3. The molecule has 2 aromatic heterocycles. The van der Waals surface area contributed by atoms with Crippen LogP contribution in [-0.4, -0.2) is 22.1 Å². The van der Waals surface area contributed by atoms with Crippen LogP contribution in [-0.2, 0) is 0 Å². The molecule has 2 heterocycles. The minimum absolute atomic E-state index is 0.485. The highest BCUT2D eigenvalue weighted by molar-refractivity contribution is 6.30. The molecule has 1 aromatic carbocycles. The molecule has 110 valence electrons. The fraction of sp³-hybridized carbons (Fsp3) is 0.0625. The Morgan fingerprint density at radius 1 is 1.14 bits per heavy atom. The lowest BCUT2D eigenvalue weighted by atomic mass is 10.2. The minimum Gasteiger partial charge on any atom is -0.494 e. The first-order valence-corrected chi connectivity index (χ1v) is 6.98. The molecular formula is C16H13ClN4O. The second-order valence-corrected chi connectivity index (χ2v) is 4.91. The number of rotatable bonds is 4. The number of nitrogens with one attached hydrogen (secondary N) is 1. The van der Waals surface area contributed by atoms with E-state index in [0.717, 1.165) is 16.9 Å². The van der Waals surface area contributed by atoms with Gasteiger partial charge in [0, 0.05) is 28.7 Å². The van der Waals surface area contributed by atoms with Gasteiger partial charge >= 0.3 is 0 Å². The van der Waals surface area contributed by atoms with Crippen LogP contribution in [0, 0.1) is 0 Å². The van der Waals surface area contributed by atoms with Gasteiger partial charge in [-0.3, -0.25) is 4.98 Å². The number of ether oxygens (including phenoxy) is 1. The lowest BCUT2D eigenvalue weighted by Crippen LogP contribution is -1.98. The molecule has 0 spiro atoms. The van der Waals surface area contributed by atoms with E-state index in [9.17, 15) is 0 Å². The zero-order valence-corrected chi connectivity index (χ0v) is 12.6. The molecule has 5 nitrogen and oxygen atoms in total. The van der Waals surface area contributed by atoms with Crippen molar-refractivity contribution in [1.29, 1.82) is 0 Å². The van der Waals surface area contributed by atoms with Crippen LogP contribution in [0.15, 0.2) is 55.0 Å². The lowest BCUT2D eigenvalue weighted by Gasteiger charge is -2.09. The molecule has 0 aliphatic carbocycles. The van der Waals surface area contributed by atoms with Crippen LogP contribution >= 0.6 is 11.6 Å². The number of hydrogen-bond acceptors (Lipinski definition) is 5. The molecule has 3 rings (SSSR count). The van der Waals surface area contributed by atoms with Crippen molar-refractivity contribution in [2.45, 2.75) is 0 Å². The molecule has 0 unspecified atom stereocenters. The maximum atomic E-state index is 5.97. The molecule has 3 aromatic rings. The van der Waals surface area contributed by atoms with Gasteiger partial charge in [0.15, 0.2) is 0 Å². The zero-order chi connectivity index (χ0) is 15.4. The van der Waals surface area contributed by atoms with Gasteiger partial charge < -0.3 is 10.1 Å². The van der Waals surface area contributed by atoms with Crippen molar-refractivity contribution in [3.05, 3.63) is 60.0 Å². The summed E-state index contributed by atoms with van der Waals surface area (Å²) in [4.78, 5) is 12.8. The lowest BCUT2D eigenvalue weighted by molar-refractivity contribution is 0.414. The summed E-state index contributed by atoms with van der Waals surface area (Å²) in [5.41, 5.74) is 2.43. The van der Waals surface area contributed by atoms with Gasteiger partial charge in [0.2, 0.25) is 5.95 Å². The number of methoxy groups -OCH3 is 1. The van der Waals surface area contributed by atoms with Crippen LogP contribution < -0.4 is 10.1 Å². The molecule has 0 bridgehead atoms. The predicted octanol–water partition coefficient (Wildman–Crippen LogP) is 3.94. The van der Waals surface area contributed by atoms with Gasteiger partial charge in [0.1, 0.15) is 5.75 Å². The van der Waals surface area contributed by atoms with E-state index in [-0.39, 0.29) is 0 Å². The van der Waals surface area contributed by atoms with E-state index in [4.69, 9.17) is 16.3 Å². The Kier molecular flexibility index (Phi) is 4.16. The molecule has 0 saturated carbocycles. The van der Waals surface area contributed by atoms with Crippen LogP contribution in [0.2, 0.25) is 5.02 Å². The number of nitrogens with zero attached hydrogens (tertiary/aromatic N) is 3. The van der Waals surface area contributed by atoms with E-state index < -0.39 is 0 Å². The van der Waals surface area contributed by atoms with Gasteiger partial charge in [-0.05, 0) is 30.3 Å². The Bertz CT molecular complexity index is 794. The molecule has 0 aliphatic heterocycles. The SMILES string of the molecule is COc1cnccc1-c1ccnc(Nc2cccc(Cl)c2)n1. The third-order valence-corrected chi connectivity index (χ3v) is 3.25. The Morgan fingerprint density at radius 3 is 2.86 bits per heavy atom. The largest absolute Gasteiger partial charge is 0.494 e. The van der Waals surface area contributed by atoms with Crippen molar-refractivity contribution in [3.63, 3.8) is 0 Å². The molecular weight excluding hydrogens is 300 g/mol. The fourth-order valence-corrected chi connectivity index (χ4v) is 2.21. The Hall–Kier alpha value is -2.66. The number of pyridine rings is 1. The molecule has 22 heavy (non-hydrogen) atoms. The summed E-state index contributed by atoms with van der Waals surface area (Å²) in [7, 11) is 1.60. The number of halogens is 1. The molecule has 0 atom stereocenters. The first-order chi connectivity index (χ1) is 10.8. The minimum atomic E-state index is 0.485. The van der Waals surface area contributed by atoms with Gasteiger partial charge in [0.25, 0.3) is 0 Å². The molecule has 0 radical (unpaired) electrons. The highest BCUT2D eigenvalue weighted by atomic mass is 35.5. The van der Waals surface area contributed by atoms with E-state index >= 15 is 0 Å². The molecule has 1 N–H and O–H groups in total. The second kappa shape index (κ2) is 6.41. The summed E-state index contributed by atoms with van der Waals surface area (Å²) < 4.78 is 5.31. The number of anilines is 2. The highest BCUT2D eigenvalue weighted by Gasteiger charge is 2.08. The van der Waals surface area contributed by atoms with Crippen molar-refractivity contribution >= 4 is 23.2 Å². The molecule has 0 aliphatic rings. The van der Waals surface area contributed by atoms with E-state index in [1.54, 1.807) is 25.7 Å². The maximum Gasteiger partial charge on any atom is 0.227 e. The summed E-state index contributed by atoms with van der Waals surface area (Å²) >= 11 is 5.97. The number of hydrogen-bond donors (Lipinski definition) is 1. The Labute approximate surface area is 133 Å². The Morgan fingerprint density at radius 2 is 2.05 bits per heavy atom. The summed E-state index contributed by atoms with van der Waals surface area (Å²) in [6.45, 7) is 0. The highest BCUT2D eigenvalue weighted by Crippen LogP contribution is 2.28. The first-order valence-electron chi connectivity index (χ1n) is 6.60. The van der Waals surface area contributed by atoms with Crippen LogP contribution in [0.4, 0.5) is 11.6 Å². The average Bonchev–Trinajstić information content (AvgIpc) is 2.55. The van der Waals surface area contributed by atoms with E-state index in [1.165, 1.54) is 0 Å². The van der Waals surface area contributed by atoms with E-state index in [2.05, 4.69) is 20.3 Å². The summed E-state index contributed by atoms with van der Waals surface area (Å²) in [6.07, 6.45) is 5.04. The average molecular weight is 313 g/mol. The standard InChI is InChI=1S/C16H13ClN4O/c1-22-15-10-18-7-5-13(15)14-6-8-19-16(21-14)20-12-4-2-3-11(17)9-12/h2-10H,1H3,(H,19,20,21). The van der Waals surface area contributed by atoms with Crippen molar-refractivity contribution < 1.29 is 4.74 Å². The topological polar surface area (TPSA) is 59.9 Å². The summed E-state index contributed by atoms with van der Waals surface area (Å²) in [5.74, 6) is 1.15. The second-order valence-electron chi connectivity index (χ2n) is 4.48. The smallest absolute Gasteiger partial charge is 0.227 e. The molecule has 0 fully saturated rings. The van der Waals surface area contributed by atoms with Crippen molar-refractivity contribution in [2.24, 2.45) is 0 Å². The Balaban J connectivity index is 1.93. The van der Waals surface area contributed by atoms with Crippen molar-refractivity contribution in [1.82, 2.24) is 15.0 Å². The van der Waals surface area contributed by atoms with Crippen molar-refractivity contribution in [2.75, 3.05) is 12.4 Å². The quantitative estimate of drug-likeness (QED) is 0.790. The van der Waals surface area contributed by atoms with Crippen LogP contribution in [0.5, 0.6) is 5.75 Å². The molecule has 6 heteroatoms. The van der Waals surface area contributed by atoms with Gasteiger partial charge in [-0.25, -0.2) is 9.97 Å². The van der Waals surface area contributed by atoms with Crippen LogP contribution in [0.1, 0.15) is 0 Å². The fourth-order valence-electron chi connectivity index (χ4n) is 2.02. The van der Waals surface area contributed by atoms with E-state index in [0.29, 0.717) is 16.7 Å². The summed E-state index contributed by atoms with van der Waals surface area (Å²) in [5, 5.41) is 3.78. The monoisotopic (exact) mass is 312 g/mol. The number of benzene rings is 1. The number of aromatic nitrogens is 3. The third-order valence-electron chi connectivity index (χ3n) is 3.02. The van der Waals surface area contributed by atoms with Gasteiger partial charge in [-0.2, -0.15) is 0 Å². The summed E-state index contributed by atoms with van der Waals surface area (Å²) in [6, 6.07) is 11.1. The van der Waals surface area contributed by atoms with Gasteiger partial charge in [0.05, 0.1) is 19.0 Å². The van der Waals surface area contributed by atoms with Crippen LogP contribution in [0.3, 0.4) is 0 Å². The normalized spacial score (nSPS) is 10.3. The van der Waals surface area contributed by atoms with Gasteiger partial charge in [-0.1, -0.05) is 17.7 Å². The third kappa shape index (κ3) is 3.15. The predicted molar refractivity (Wildman–Crippen MR) is 86.5 cm³/mol. The maximum absolute atomic E-state index is 5.97. The zero-order valence-electron chi connectivity index (χ0n) is 11.8.